The van der Waals surface area contributed by atoms with Crippen molar-refractivity contribution < 1.29 is 8.42 Å². The molecule has 0 radical (unpaired) electrons. The molecule has 0 aliphatic heterocycles. The third-order valence-electron chi connectivity index (χ3n) is 4.97. The molecule has 0 saturated heterocycles. The van der Waals surface area contributed by atoms with Crippen LogP contribution in [0.15, 0.2) is 81.4 Å². The second-order valence-corrected chi connectivity index (χ2v) is 10.4. The molecule has 0 aliphatic carbocycles. The Hall–Kier alpha value is -2.81. The van der Waals surface area contributed by atoms with E-state index in [9.17, 15) is 13.2 Å². The summed E-state index contributed by atoms with van der Waals surface area (Å²) in [4.78, 5) is 17.8. The molecule has 1 N–H and O–H groups in total. The largest absolute Gasteiger partial charge is 0.278 e. The van der Waals surface area contributed by atoms with Crippen LogP contribution < -0.4 is 10.3 Å². The van der Waals surface area contributed by atoms with Gasteiger partial charge in [0.05, 0.1) is 21.3 Å². The number of nitrogens with zero attached hydrogens (tertiary/aromatic N) is 2. The first-order valence-electron chi connectivity index (χ1n) is 9.73. The predicted molar refractivity (Wildman–Crippen MR) is 129 cm³/mol. The number of nitrogens with one attached hydrogen (secondary N) is 1. The van der Waals surface area contributed by atoms with E-state index < -0.39 is 10.0 Å². The van der Waals surface area contributed by atoms with Gasteiger partial charge in [-0.1, -0.05) is 29.8 Å². The second kappa shape index (κ2) is 8.97. The van der Waals surface area contributed by atoms with Gasteiger partial charge in [-0.15, -0.1) is 11.8 Å². The highest BCUT2D eigenvalue weighted by Crippen LogP contribution is 2.31. The Labute approximate surface area is 195 Å². The number of aromatic nitrogens is 2. The van der Waals surface area contributed by atoms with Gasteiger partial charge in [-0.25, -0.2) is 13.4 Å². The van der Waals surface area contributed by atoms with E-state index in [4.69, 9.17) is 11.6 Å². The van der Waals surface area contributed by atoms with Gasteiger partial charge in [-0.2, -0.15) is 0 Å². The van der Waals surface area contributed by atoms with Crippen LogP contribution in [0, 0.1) is 13.8 Å². The zero-order valence-corrected chi connectivity index (χ0v) is 19.8. The number of halogens is 1. The minimum atomic E-state index is -3.74. The maximum atomic E-state index is 12.9. The van der Waals surface area contributed by atoms with Crippen molar-refractivity contribution in [3.8, 4) is 0 Å². The van der Waals surface area contributed by atoms with Crippen molar-refractivity contribution in [2.75, 3.05) is 4.72 Å². The maximum Gasteiger partial charge on any atom is 0.261 e. The average Bonchev–Trinajstić information content (AvgIpc) is 2.75. The minimum Gasteiger partial charge on any atom is -0.278 e. The number of pyridine rings is 1. The van der Waals surface area contributed by atoms with Crippen LogP contribution in [0.3, 0.4) is 0 Å². The molecule has 2 heterocycles. The molecule has 0 bridgehead atoms. The van der Waals surface area contributed by atoms with Gasteiger partial charge in [-0.3, -0.25) is 13.9 Å². The van der Waals surface area contributed by atoms with Gasteiger partial charge in [0.15, 0.2) is 0 Å². The van der Waals surface area contributed by atoms with E-state index in [1.54, 1.807) is 42.5 Å². The van der Waals surface area contributed by atoms with Crippen LogP contribution in [0.4, 0.5) is 5.69 Å². The predicted octanol–water partition coefficient (Wildman–Crippen LogP) is 5.06. The van der Waals surface area contributed by atoms with E-state index in [0.29, 0.717) is 27.8 Å². The van der Waals surface area contributed by atoms with Crippen LogP contribution in [0.25, 0.3) is 5.65 Å². The molecule has 2 aromatic carbocycles. The molecule has 0 aliphatic rings. The number of anilines is 1. The lowest BCUT2D eigenvalue weighted by Crippen LogP contribution is -2.15. The monoisotopic (exact) mass is 485 g/mol. The molecular formula is C23H20ClN3O3S2. The van der Waals surface area contributed by atoms with Gasteiger partial charge < -0.3 is 0 Å². The highest BCUT2D eigenvalue weighted by Gasteiger charge is 2.17. The highest BCUT2D eigenvalue weighted by atomic mass is 35.5. The Kier molecular flexibility index (Phi) is 6.28. The molecule has 9 heteroatoms. The number of aryl methyl sites for hydroxylation is 2. The third kappa shape index (κ3) is 4.82. The van der Waals surface area contributed by atoms with Crippen molar-refractivity contribution >= 4 is 44.7 Å². The number of sulfonamides is 1. The van der Waals surface area contributed by atoms with Gasteiger partial charge in [-0.05, 0) is 61.4 Å². The van der Waals surface area contributed by atoms with E-state index in [1.165, 1.54) is 28.4 Å². The van der Waals surface area contributed by atoms with Gasteiger partial charge in [0.25, 0.3) is 15.6 Å². The summed E-state index contributed by atoms with van der Waals surface area (Å²) in [5.41, 5.74) is 3.28. The minimum absolute atomic E-state index is 0.211. The molecule has 0 amide bonds. The van der Waals surface area contributed by atoms with Crippen LogP contribution in [0.5, 0.6) is 0 Å². The fourth-order valence-electron chi connectivity index (χ4n) is 3.11. The van der Waals surface area contributed by atoms with Gasteiger partial charge in [0.1, 0.15) is 5.65 Å². The van der Waals surface area contributed by atoms with E-state index in [1.807, 2.05) is 26.0 Å². The van der Waals surface area contributed by atoms with E-state index >= 15 is 0 Å². The van der Waals surface area contributed by atoms with Crippen LogP contribution >= 0.6 is 23.4 Å². The van der Waals surface area contributed by atoms with Gasteiger partial charge in [0, 0.05) is 22.9 Å². The van der Waals surface area contributed by atoms with Crippen molar-refractivity contribution in [1.29, 1.82) is 0 Å². The molecule has 164 valence electrons. The summed E-state index contributed by atoms with van der Waals surface area (Å²) >= 11 is 7.35. The van der Waals surface area contributed by atoms with Crippen LogP contribution in [-0.2, 0) is 15.8 Å². The fraction of sp³-hybridized carbons (Fsp3) is 0.130. The Balaban J connectivity index is 1.58. The Morgan fingerprint density at radius 1 is 1.03 bits per heavy atom. The molecule has 0 atom stereocenters. The number of para-hydroxylation sites is 1. The highest BCUT2D eigenvalue weighted by molar-refractivity contribution is 7.98. The Morgan fingerprint density at radius 3 is 2.59 bits per heavy atom. The smallest absolute Gasteiger partial charge is 0.261 e. The normalized spacial score (nSPS) is 11.6. The number of fused-ring (bicyclic) bond motifs is 1. The zero-order chi connectivity index (χ0) is 22.9. The lowest BCUT2D eigenvalue weighted by Gasteiger charge is -2.13. The van der Waals surface area contributed by atoms with Crippen molar-refractivity contribution in [2.45, 2.75) is 29.4 Å². The zero-order valence-electron chi connectivity index (χ0n) is 17.4. The number of benzene rings is 2. The molecule has 4 aromatic rings. The first kappa shape index (κ1) is 22.4. The number of hydrogen-bond donors (Lipinski definition) is 1. The molecule has 0 saturated carbocycles. The van der Waals surface area contributed by atoms with Crippen molar-refractivity contribution in [3.63, 3.8) is 0 Å². The van der Waals surface area contributed by atoms with E-state index in [0.717, 1.165) is 16.0 Å². The van der Waals surface area contributed by atoms with E-state index in [2.05, 4.69) is 9.71 Å². The topological polar surface area (TPSA) is 80.5 Å². The second-order valence-electron chi connectivity index (χ2n) is 7.30. The summed E-state index contributed by atoms with van der Waals surface area (Å²) in [5.74, 6) is 0.400. The SMILES string of the molecule is Cc1ccc(S(=O)(=O)Nc2ccccc2SCc2cc(=O)n3cc(Cl)ccc3n2)cc1C. The molecule has 0 unspecified atom stereocenters. The number of thioether (sulfide) groups is 1. The summed E-state index contributed by atoms with van der Waals surface area (Å²) < 4.78 is 29.9. The molecule has 4 rings (SSSR count). The molecular weight excluding hydrogens is 466 g/mol. The molecule has 2 aromatic heterocycles. The van der Waals surface area contributed by atoms with Crippen molar-refractivity contribution in [3.05, 3.63) is 99.1 Å². The summed E-state index contributed by atoms with van der Waals surface area (Å²) in [5, 5.41) is 0.452. The average molecular weight is 486 g/mol. The summed E-state index contributed by atoms with van der Waals surface area (Å²) in [6.07, 6.45) is 1.53. The molecule has 0 spiro atoms. The third-order valence-corrected chi connectivity index (χ3v) is 7.67. The first-order chi connectivity index (χ1) is 15.2. The molecule has 32 heavy (non-hydrogen) atoms. The van der Waals surface area contributed by atoms with Crippen LogP contribution in [0.1, 0.15) is 16.8 Å². The van der Waals surface area contributed by atoms with Crippen LogP contribution in [-0.4, -0.2) is 17.8 Å². The lowest BCUT2D eigenvalue weighted by molar-refractivity contribution is 0.601. The fourth-order valence-corrected chi connectivity index (χ4v) is 5.40. The van der Waals surface area contributed by atoms with Crippen molar-refractivity contribution in [2.24, 2.45) is 0 Å². The Bertz CT molecular complexity index is 1480. The summed E-state index contributed by atoms with van der Waals surface area (Å²) in [6, 6.07) is 17.0. The molecule has 0 fully saturated rings. The standard InChI is InChI=1S/C23H20ClN3O3S2/c1-15-7-9-19(11-16(15)2)32(29,30)26-20-5-3-4-6-21(20)31-14-18-12-23(28)27-13-17(24)8-10-22(27)25-18/h3-13,26H,14H2,1-2H3. The van der Waals surface area contributed by atoms with Crippen LogP contribution in [0.2, 0.25) is 5.02 Å². The quantitative estimate of drug-likeness (QED) is 0.386. The number of hydrogen-bond acceptors (Lipinski definition) is 5. The summed E-state index contributed by atoms with van der Waals surface area (Å²) in [6.45, 7) is 3.82. The van der Waals surface area contributed by atoms with Crippen molar-refractivity contribution in [1.82, 2.24) is 9.38 Å². The van der Waals surface area contributed by atoms with Gasteiger partial charge >= 0.3 is 0 Å². The lowest BCUT2D eigenvalue weighted by atomic mass is 10.1. The number of rotatable bonds is 6. The van der Waals surface area contributed by atoms with E-state index in [-0.39, 0.29) is 10.5 Å². The Morgan fingerprint density at radius 2 is 1.81 bits per heavy atom. The first-order valence-corrected chi connectivity index (χ1v) is 12.6. The molecule has 6 nitrogen and oxygen atoms in total. The summed E-state index contributed by atoms with van der Waals surface area (Å²) in [7, 11) is -3.74. The maximum absolute atomic E-state index is 12.9. The van der Waals surface area contributed by atoms with Gasteiger partial charge in [0.2, 0.25) is 0 Å².